The van der Waals surface area contributed by atoms with Gasteiger partial charge < -0.3 is 20.4 Å². The van der Waals surface area contributed by atoms with Gasteiger partial charge in [0.05, 0.1) is 0 Å². The van der Waals surface area contributed by atoms with E-state index in [1.54, 1.807) is 0 Å². The first-order valence-corrected chi connectivity index (χ1v) is 10.6. The fourth-order valence-electron chi connectivity index (χ4n) is 3.51. The Morgan fingerprint density at radius 1 is 0.931 bits per heavy atom. The summed E-state index contributed by atoms with van der Waals surface area (Å²) in [6.07, 6.45) is 7.44. The summed E-state index contributed by atoms with van der Waals surface area (Å²) in [6.45, 7) is 9.15. The van der Waals surface area contributed by atoms with Crippen molar-refractivity contribution >= 4 is 17.7 Å². The number of pyridine rings is 2. The average Bonchev–Trinajstić information content (AvgIpc) is 2.79. The molecule has 0 aromatic carbocycles. The van der Waals surface area contributed by atoms with E-state index in [1.807, 2.05) is 36.7 Å². The minimum atomic E-state index is -0.196. The van der Waals surface area contributed by atoms with E-state index in [-0.39, 0.29) is 6.03 Å². The third kappa shape index (κ3) is 6.07. The van der Waals surface area contributed by atoms with E-state index >= 15 is 0 Å². The van der Waals surface area contributed by atoms with Gasteiger partial charge in [-0.1, -0.05) is 12.1 Å². The molecule has 29 heavy (non-hydrogen) atoms. The maximum absolute atomic E-state index is 12.1. The molecule has 0 saturated carbocycles. The number of amides is 2. The Hall–Kier alpha value is -2.83. The molecule has 1 saturated heterocycles. The third-order valence-electron chi connectivity index (χ3n) is 5.29. The highest BCUT2D eigenvalue weighted by molar-refractivity contribution is 5.73. The molecule has 0 atom stereocenters. The third-order valence-corrected chi connectivity index (χ3v) is 5.29. The van der Waals surface area contributed by atoms with Crippen molar-refractivity contribution in [1.82, 2.24) is 20.6 Å². The molecule has 1 fully saturated rings. The van der Waals surface area contributed by atoms with E-state index < -0.39 is 0 Å². The van der Waals surface area contributed by atoms with Crippen LogP contribution in [0.25, 0.3) is 0 Å². The van der Waals surface area contributed by atoms with Crippen molar-refractivity contribution in [2.45, 2.75) is 46.2 Å². The first-order valence-electron chi connectivity index (χ1n) is 10.6. The second-order valence-electron chi connectivity index (χ2n) is 7.31. The van der Waals surface area contributed by atoms with E-state index in [4.69, 9.17) is 0 Å². The fourth-order valence-corrected chi connectivity index (χ4v) is 3.51. The Kier molecular flexibility index (Phi) is 7.67. The fraction of sp³-hybridized carbons (Fsp3) is 0.500. The number of aromatic nitrogens is 2. The van der Waals surface area contributed by atoms with Gasteiger partial charge in [0, 0.05) is 51.7 Å². The lowest BCUT2D eigenvalue weighted by atomic mass is 10.1. The van der Waals surface area contributed by atoms with Gasteiger partial charge in [0.2, 0.25) is 0 Å². The maximum Gasteiger partial charge on any atom is 0.315 e. The lowest BCUT2D eigenvalue weighted by Crippen LogP contribution is -2.34. The molecule has 7 nitrogen and oxygen atoms in total. The smallest absolute Gasteiger partial charge is 0.315 e. The maximum atomic E-state index is 12.1. The lowest BCUT2D eigenvalue weighted by molar-refractivity contribution is 0.240. The molecular weight excluding hydrogens is 364 g/mol. The molecule has 0 radical (unpaired) electrons. The molecule has 0 spiro atoms. The summed E-state index contributed by atoms with van der Waals surface area (Å²) in [6, 6.07) is 7.89. The van der Waals surface area contributed by atoms with Gasteiger partial charge in [0.1, 0.15) is 11.6 Å². The van der Waals surface area contributed by atoms with Gasteiger partial charge in [0.25, 0.3) is 0 Å². The van der Waals surface area contributed by atoms with Gasteiger partial charge in [-0.05, 0) is 56.4 Å². The van der Waals surface area contributed by atoms with Crippen LogP contribution in [-0.4, -0.2) is 42.2 Å². The van der Waals surface area contributed by atoms with E-state index in [2.05, 4.69) is 44.2 Å². The van der Waals surface area contributed by atoms with Crippen LogP contribution in [0.3, 0.4) is 0 Å². The number of anilines is 2. The van der Waals surface area contributed by atoms with Gasteiger partial charge >= 0.3 is 6.03 Å². The number of nitrogens with one attached hydrogen (secondary N) is 2. The van der Waals surface area contributed by atoms with Crippen LogP contribution in [0.2, 0.25) is 0 Å². The monoisotopic (exact) mass is 396 g/mol. The minimum Gasteiger partial charge on any atom is -0.357 e. The molecule has 2 amide bonds. The number of carbonyl (C=O) groups is 1. The topological polar surface area (TPSA) is 73.4 Å². The average molecular weight is 397 g/mol. The zero-order chi connectivity index (χ0) is 20.5. The molecule has 156 valence electrons. The largest absolute Gasteiger partial charge is 0.357 e. The molecule has 0 aliphatic carbocycles. The number of hydrogen-bond donors (Lipinski definition) is 2. The van der Waals surface area contributed by atoms with Gasteiger partial charge in [-0.25, -0.2) is 14.8 Å². The highest BCUT2D eigenvalue weighted by Crippen LogP contribution is 2.17. The molecule has 0 bridgehead atoms. The van der Waals surface area contributed by atoms with Gasteiger partial charge in [-0.15, -0.1) is 0 Å². The number of piperidine rings is 1. The number of carbonyl (C=O) groups excluding carboxylic acids is 1. The van der Waals surface area contributed by atoms with Crippen LogP contribution in [0.1, 0.15) is 44.2 Å². The predicted octanol–water partition coefficient (Wildman–Crippen LogP) is 3.31. The van der Waals surface area contributed by atoms with Crippen molar-refractivity contribution < 1.29 is 4.79 Å². The zero-order valence-corrected chi connectivity index (χ0v) is 17.5. The Bertz CT molecular complexity index is 752. The van der Waals surface area contributed by atoms with Crippen LogP contribution < -0.4 is 20.4 Å². The molecule has 0 unspecified atom stereocenters. The minimum absolute atomic E-state index is 0.196. The SMILES string of the molecule is CCN(CC)c1ccc(CNC(=O)NCc2ccc(N3CCCCC3)nc2)cn1. The lowest BCUT2D eigenvalue weighted by Gasteiger charge is -2.27. The number of nitrogens with zero attached hydrogens (tertiary/aromatic N) is 4. The van der Waals surface area contributed by atoms with Gasteiger partial charge in [-0.3, -0.25) is 0 Å². The number of urea groups is 1. The highest BCUT2D eigenvalue weighted by atomic mass is 16.2. The standard InChI is InChI=1S/C22H32N6O/c1-3-27(4-2)20-10-8-18(14-23-20)16-25-22(29)26-17-19-9-11-21(24-15-19)28-12-6-5-7-13-28/h8-11,14-15H,3-7,12-13,16-17H2,1-2H3,(H2,25,26,29). The first-order chi connectivity index (χ1) is 14.2. The first kappa shape index (κ1) is 20.9. The Morgan fingerprint density at radius 3 is 2.07 bits per heavy atom. The summed E-state index contributed by atoms with van der Waals surface area (Å²) in [7, 11) is 0. The summed E-state index contributed by atoms with van der Waals surface area (Å²) in [5.41, 5.74) is 1.97. The highest BCUT2D eigenvalue weighted by Gasteiger charge is 2.11. The van der Waals surface area contributed by atoms with Crippen LogP contribution in [0.15, 0.2) is 36.7 Å². The van der Waals surface area contributed by atoms with Crippen molar-refractivity contribution in [1.29, 1.82) is 0 Å². The van der Waals surface area contributed by atoms with Crippen LogP contribution in [0, 0.1) is 0 Å². The second kappa shape index (κ2) is 10.6. The zero-order valence-electron chi connectivity index (χ0n) is 17.5. The van der Waals surface area contributed by atoms with Gasteiger partial charge in [0.15, 0.2) is 0 Å². The van der Waals surface area contributed by atoms with E-state index in [9.17, 15) is 4.79 Å². The van der Waals surface area contributed by atoms with Crippen LogP contribution in [-0.2, 0) is 13.1 Å². The van der Waals surface area contributed by atoms with E-state index in [1.165, 1.54) is 19.3 Å². The Balaban J connectivity index is 1.41. The Morgan fingerprint density at radius 2 is 1.55 bits per heavy atom. The predicted molar refractivity (Wildman–Crippen MR) is 117 cm³/mol. The summed E-state index contributed by atoms with van der Waals surface area (Å²) in [5.74, 6) is 1.99. The molecule has 1 aliphatic rings. The summed E-state index contributed by atoms with van der Waals surface area (Å²) in [5, 5.41) is 5.76. The van der Waals surface area contributed by atoms with Gasteiger partial charge in [-0.2, -0.15) is 0 Å². The summed E-state index contributed by atoms with van der Waals surface area (Å²) in [4.78, 5) is 25.6. The number of rotatable bonds is 8. The van der Waals surface area contributed by atoms with E-state index in [0.717, 1.165) is 48.9 Å². The van der Waals surface area contributed by atoms with Crippen molar-refractivity contribution in [3.8, 4) is 0 Å². The molecule has 1 aliphatic heterocycles. The summed E-state index contributed by atoms with van der Waals surface area (Å²) < 4.78 is 0. The number of hydrogen-bond acceptors (Lipinski definition) is 5. The molecule has 7 heteroatoms. The molecule has 2 aromatic heterocycles. The molecule has 2 aromatic rings. The normalized spacial score (nSPS) is 13.8. The molecule has 2 N–H and O–H groups in total. The molecular formula is C22H32N6O. The van der Waals surface area contributed by atoms with Crippen molar-refractivity contribution in [3.63, 3.8) is 0 Å². The van der Waals surface area contributed by atoms with Crippen molar-refractivity contribution in [2.24, 2.45) is 0 Å². The Labute approximate surface area is 173 Å². The van der Waals surface area contributed by atoms with Crippen LogP contribution >= 0.6 is 0 Å². The van der Waals surface area contributed by atoms with Crippen LogP contribution in [0.4, 0.5) is 16.4 Å². The molecule has 3 rings (SSSR count). The molecule has 3 heterocycles. The van der Waals surface area contributed by atoms with Crippen molar-refractivity contribution in [2.75, 3.05) is 36.0 Å². The second-order valence-corrected chi connectivity index (χ2v) is 7.31. The summed E-state index contributed by atoms with van der Waals surface area (Å²) >= 11 is 0. The van der Waals surface area contributed by atoms with E-state index in [0.29, 0.717) is 13.1 Å². The quantitative estimate of drug-likeness (QED) is 0.716. The van der Waals surface area contributed by atoms with Crippen molar-refractivity contribution in [3.05, 3.63) is 47.8 Å². The van der Waals surface area contributed by atoms with Crippen LogP contribution in [0.5, 0.6) is 0 Å².